The van der Waals surface area contributed by atoms with Gasteiger partial charge in [0.05, 0.1) is 13.2 Å². The zero-order valence-corrected chi connectivity index (χ0v) is 21.2. The quantitative estimate of drug-likeness (QED) is 0.272. The number of Topliss-reactive ketones (excluding diaryl/α,β-unsaturated/α-hetero) is 2. The van der Waals surface area contributed by atoms with Crippen LogP contribution in [0.4, 0.5) is 5.69 Å². The van der Waals surface area contributed by atoms with Crippen molar-refractivity contribution in [3.05, 3.63) is 123 Å². The molecule has 1 aromatic heterocycles. The van der Waals surface area contributed by atoms with Gasteiger partial charge in [0.15, 0.2) is 17.3 Å². The van der Waals surface area contributed by atoms with Gasteiger partial charge in [0.2, 0.25) is 0 Å². The molecule has 1 aliphatic heterocycles. The average Bonchev–Trinajstić information content (AvgIpc) is 3.50. The predicted molar refractivity (Wildman–Crippen MR) is 146 cm³/mol. The first-order valence-electron chi connectivity index (χ1n) is 12.3. The molecule has 0 amide bonds. The van der Waals surface area contributed by atoms with Gasteiger partial charge in [-0.05, 0) is 46.8 Å². The van der Waals surface area contributed by atoms with Crippen LogP contribution in [0.3, 0.4) is 0 Å². The molecule has 5 rings (SSSR count). The maximum absolute atomic E-state index is 12.9. The van der Waals surface area contributed by atoms with Crippen molar-refractivity contribution in [1.82, 2.24) is 0 Å². The van der Waals surface area contributed by atoms with Gasteiger partial charge < -0.3 is 9.64 Å². The number of thiophene rings is 1. The van der Waals surface area contributed by atoms with Gasteiger partial charge in [0.1, 0.15) is 0 Å². The van der Waals surface area contributed by atoms with E-state index in [1.54, 1.807) is 24.3 Å². The highest BCUT2D eigenvalue weighted by Crippen LogP contribution is 2.19. The number of nitrogens with zero attached hydrogens (tertiary/aromatic N) is 1. The Hall–Kier alpha value is -3.87. The van der Waals surface area contributed by atoms with Crippen LogP contribution in [0.25, 0.3) is 0 Å². The Morgan fingerprint density at radius 1 is 0.649 bits per heavy atom. The summed E-state index contributed by atoms with van der Waals surface area (Å²) < 4.78 is 5.40. The molecule has 6 heteroatoms. The summed E-state index contributed by atoms with van der Waals surface area (Å²) in [7, 11) is 0. The topological polar surface area (TPSA) is 63.7 Å². The Labute approximate surface area is 220 Å². The van der Waals surface area contributed by atoms with Crippen molar-refractivity contribution < 1.29 is 19.1 Å². The number of anilines is 1. The Morgan fingerprint density at radius 2 is 1.16 bits per heavy atom. The third kappa shape index (κ3) is 6.10. The molecular formula is C31H27NO4S. The van der Waals surface area contributed by atoms with E-state index >= 15 is 0 Å². The zero-order chi connectivity index (χ0) is 25.6. The number of carbonyl (C=O) groups excluding carboxylic acids is 3. The highest BCUT2D eigenvalue weighted by molar-refractivity contribution is 7.08. The maximum Gasteiger partial charge on any atom is 0.193 e. The molecule has 186 valence electrons. The summed E-state index contributed by atoms with van der Waals surface area (Å²) in [5, 5.41) is 3.74. The van der Waals surface area contributed by atoms with Crippen LogP contribution in [0.15, 0.2) is 89.6 Å². The highest BCUT2D eigenvalue weighted by atomic mass is 32.1. The third-order valence-corrected chi connectivity index (χ3v) is 7.25. The lowest BCUT2D eigenvalue weighted by Crippen LogP contribution is -2.36. The van der Waals surface area contributed by atoms with Crippen LogP contribution in [0.1, 0.15) is 47.8 Å². The first-order chi connectivity index (χ1) is 18.1. The molecule has 1 saturated heterocycles. The fourth-order valence-corrected chi connectivity index (χ4v) is 5.05. The molecule has 4 aromatic rings. The lowest BCUT2D eigenvalue weighted by molar-refractivity contribution is 0.0985. The van der Waals surface area contributed by atoms with Crippen LogP contribution < -0.4 is 4.90 Å². The van der Waals surface area contributed by atoms with Crippen LogP contribution in [-0.2, 0) is 17.6 Å². The fraction of sp³-hybridized carbons (Fsp3) is 0.194. The summed E-state index contributed by atoms with van der Waals surface area (Å²) in [6, 6.07) is 23.9. The number of ketones is 3. The van der Waals surface area contributed by atoms with Gasteiger partial charge in [0, 0.05) is 59.3 Å². The number of ether oxygens (including phenoxy) is 1. The smallest absolute Gasteiger partial charge is 0.193 e. The lowest BCUT2D eigenvalue weighted by Gasteiger charge is -2.28. The molecule has 1 fully saturated rings. The number of carbonyl (C=O) groups is 3. The zero-order valence-electron chi connectivity index (χ0n) is 20.4. The summed E-state index contributed by atoms with van der Waals surface area (Å²) in [4.78, 5) is 40.3. The van der Waals surface area contributed by atoms with E-state index in [1.807, 2.05) is 65.4 Å². The van der Waals surface area contributed by atoms with Gasteiger partial charge in [-0.25, -0.2) is 0 Å². The summed E-state index contributed by atoms with van der Waals surface area (Å²) >= 11 is 1.50. The van der Waals surface area contributed by atoms with Crippen LogP contribution in [0, 0.1) is 0 Å². The van der Waals surface area contributed by atoms with E-state index < -0.39 is 0 Å². The number of morpholine rings is 1. The Kier molecular flexibility index (Phi) is 7.68. The first-order valence-corrected chi connectivity index (χ1v) is 13.2. The molecule has 3 aromatic carbocycles. The molecule has 0 bridgehead atoms. The summed E-state index contributed by atoms with van der Waals surface area (Å²) in [5.74, 6) is 0.0194. The monoisotopic (exact) mass is 509 g/mol. The predicted octanol–water partition coefficient (Wildman–Crippen LogP) is 5.67. The van der Waals surface area contributed by atoms with Gasteiger partial charge in [0.25, 0.3) is 0 Å². The minimum absolute atomic E-state index is 0.0418. The van der Waals surface area contributed by atoms with Crippen molar-refractivity contribution in [2.75, 3.05) is 31.2 Å². The fourth-order valence-electron chi connectivity index (χ4n) is 4.39. The second-order valence-corrected chi connectivity index (χ2v) is 9.86. The van der Waals surface area contributed by atoms with Gasteiger partial charge in [-0.15, -0.1) is 0 Å². The second kappa shape index (κ2) is 11.5. The van der Waals surface area contributed by atoms with Gasteiger partial charge in [-0.1, -0.05) is 48.5 Å². The van der Waals surface area contributed by atoms with Gasteiger partial charge in [-0.3, -0.25) is 14.4 Å². The van der Waals surface area contributed by atoms with Gasteiger partial charge >= 0.3 is 0 Å². The Balaban J connectivity index is 1.18. The number of benzene rings is 3. The molecule has 0 spiro atoms. The van der Waals surface area contributed by atoms with Crippen molar-refractivity contribution in [3.8, 4) is 0 Å². The van der Waals surface area contributed by atoms with E-state index in [0.717, 1.165) is 43.1 Å². The van der Waals surface area contributed by atoms with Crippen LogP contribution >= 0.6 is 11.3 Å². The maximum atomic E-state index is 12.9. The number of hydrogen-bond acceptors (Lipinski definition) is 6. The van der Waals surface area contributed by atoms with Crippen LogP contribution in [0.2, 0.25) is 0 Å². The molecule has 0 atom stereocenters. The molecule has 0 unspecified atom stereocenters. The molecule has 1 aliphatic rings. The molecule has 0 aliphatic carbocycles. The molecular weight excluding hydrogens is 482 g/mol. The minimum Gasteiger partial charge on any atom is -0.378 e. The summed E-state index contributed by atoms with van der Waals surface area (Å²) in [5.41, 5.74) is 5.36. The average molecular weight is 510 g/mol. The number of hydrogen-bond donors (Lipinski definition) is 0. The standard InChI is InChI=1S/C31H27NO4S/c33-29(24-9-11-28(12-10-24)32-14-16-36-17-15-32)19-22-1-5-25(6-2-22)31(35)26-7-3-23(4-8-26)20-30(34)27-13-18-37-21-27/h1-13,18,21H,14-17,19-20H2. The summed E-state index contributed by atoms with van der Waals surface area (Å²) in [6.07, 6.45) is 0.585. The van der Waals surface area contributed by atoms with E-state index in [0.29, 0.717) is 28.7 Å². The van der Waals surface area contributed by atoms with Gasteiger partial charge in [-0.2, -0.15) is 11.3 Å². The third-order valence-electron chi connectivity index (χ3n) is 6.57. The first kappa shape index (κ1) is 24.8. The van der Waals surface area contributed by atoms with Crippen LogP contribution in [-0.4, -0.2) is 43.7 Å². The van der Waals surface area contributed by atoms with Crippen molar-refractivity contribution in [3.63, 3.8) is 0 Å². The lowest BCUT2D eigenvalue weighted by atomic mass is 9.97. The normalized spacial score (nSPS) is 13.4. The minimum atomic E-state index is -0.0905. The number of rotatable bonds is 9. The Bertz CT molecular complexity index is 1370. The van der Waals surface area contributed by atoms with Crippen molar-refractivity contribution >= 4 is 34.4 Å². The van der Waals surface area contributed by atoms with E-state index in [9.17, 15) is 14.4 Å². The van der Waals surface area contributed by atoms with E-state index in [4.69, 9.17) is 4.74 Å². The molecule has 0 saturated carbocycles. The molecule has 0 radical (unpaired) electrons. The van der Waals surface area contributed by atoms with E-state index in [2.05, 4.69) is 4.90 Å². The summed E-state index contributed by atoms with van der Waals surface area (Å²) in [6.45, 7) is 3.17. The largest absolute Gasteiger partial charge is 0.378 e. The van der Waals surface area contributed by atoms with Crippen LogP contribution in [0.5, 0.6) is 0 Å². The molecule has 5 nitrogen and oxygen atoms in total. The molecule has 0 N–H and O–H groups in total. The van der Waals surface area contributed by atoms with Crippen molar-refractivity contribution in [2.45, 2.75) is 12.8 Å². The Morgan fingerprint density at radius 3 is 1.68 bits per heavy atom. The van der Waals surface area contributed by atoms with E-state index in [1.165, 1.54) is 11.3 Å². The van der Waals surface area contributed by atoms with Crippen molar-refractivity contribution in [2.24, 2.45) is 0 Å². The van der Waals surface area contributed by atoms with E-state index in [-0.39, 0.29) is 23.8 Å². The SMILES string of the molecule is O=C(Cc1ccc(C(=O)c2ccc(CC(=O)c3ccsc3)cc2)cc1)c1ccc(N2CCOCC2)cc1. The second-order valence-electron chi connectivity index (χ2n) is 9.08. The van der Waals surface area contributed by atoms with Crippen molar-refractivity contribution in [1.29, 1.82) is 0 Å². The molecule has 2 heterocycles. The highest BCUT2D eigenvalue weighted by Gasteiger charge is 2.14. The molecule has 37 heavy (non-hydrogen) atoms.